The van der Waals surface area contributed by atoms with Crippen molar-refractivity contribution in [3.8, 4) is 0 Å². The maximum atomic E-state index is 12.5. The lowest BCUT2D eigenvalue weighted by atomic mass is 10.2. The van der Waals surface area contributed by atoms with E-state index in [1.807, 2.05) is 0 Å². The lowest BCUT2D eigenvalue weighted by molar-refractivity contribution is 0.149. The first-order chi connectivity index (χ1) is 6.07. The molecular weight excluding hydrogens is 312 g/mol. The second-order valence-corrected chi connectivity index (χ2v) is 3.71. The summed E-state index contributed by atoms with van der Waals surface area (Å²) < 4.78 is 25.1. The van der Waals surface area contributed by atoms with E-state index in [1.165, 1.54) is 6.20 Å². The van der Waals surface area contributed by atoms with E-state index in [-0.39, 0.29) is 20.9 Å². The third kappa shape index (κ3) is 2.17. The fourth-order valence-electron chi connectivity index (χ4n) is 0.929. The van der Waals surface area contributed by atoms with Gasteiger partial charge in [0.2, 0.25) is 0 Å². The first-order valence-electron chi connectivity index (χ1n) is 3.32. The van der Waals surface area contributed by atoms with Gasteiger partial charge in [-0.05, 0) is 15.9 Å². The number of hydrogen-bond acceptors (Lipinski definition) is 1. The molecule has 0 bridgehead atoms. The van der Waals surface area contributed by atoms with Crippen molar-refractivity contribution in [2.45, 2.75) is 11.8 Å². The molecule has 0 aliphatic heterocycles. The third-order valence-electron chi connectivity index (χ3n) is 1.54. The van der Waals surface area contributed by atoms with Gasteiger partial charge >= 0.3 is 0 Å². The Morgan fingerprint density at radius 1 is 1.54 bits per heavy atom. The van der Waals surface area contributed by atoms with Gasteiger partial charge in [-0.2, -0.15) is 0 Å². The molecule has 1 rings (SSSR count). The number of H-pyrrole nitrogens is 1. The van der Waals surface area contributed by atoms with E-state index in [4.69, 9.17) is 0 Å². The predicted octanol–water partition coefficient (Wildman–Crippen LogP) is 2.97. The summed E-state index contributed by atoms with van der Waals surface area (Å²) in [6, 6.07) is 0. The molecule has 72 valence electrons. The number of pyridine rings is 1. The van der Waals surface area contributed by atoms with Crippen molar-refractivity contribution >= 4 is 31.9 Å². The Labute approximate surface area is 89.6 Å². The molecule has 0 radical (unpaired) electrons. The van der Waals surface area contributed by atoms with Crippen LogP contribution in [-0.4, -0.2) is 4.98 Å². The van der Waals surface area contributed by atoms with E-state index >= 15 is 0 Å². The molecule has 13 heavy (non-hydrogen) atoms. The maximum Gasteiger partial charge on any atom is 0.265 e. The molecule has 1 heterocycles. The Hall–Kier alpha value is -0.230. The molecule has 0 saturated carbocycles. The highest BCUT2D eigenvalue weighted by Crippen LogP contribution is 2.28. The predicted molar refractivity (Wildman–Crippen MR) is 52.4 cm³/mol. The topological polar surface area (TPSA) is 32.9 Å². The van der Waals surface area contributed by atoms with Crippen LogP contribution in [0.3, 0.4) is 0 Å². The van der Waals surface area contributed by atoms with Crippen LogP contribution in [0, 0.1) is 0 Å². The zero-order valence-electron chi connectivity index (χ0n) is 6.28. The lowest BCUT2D eigenvalue weighted by Crippen LogP contribution is -2.14. The monoisotopic (exact) mass is 315 g/mol. The Kier molecular flexibility index (Phi) is 3.61. The van der Waals surface area contributed by atoms with Crippen LogP contribution in [-0.2, 0) is 5.33 Å². The number of hydrogen-bond donors (Lipinski definition) is 1. The minimum Gasteiger partial charge on any atom is -0.328 e. The highest BCUT2D eigenvalue weighted by molar-refractivity contribution is 9.10. The molecule has 1 aromatic heterocycles. The normalized spacial score (nSPS) is 10.8. The van der Waals surface area contributed by atoms with Crippen molar-refractivity contribution in [3.05, 3.63) is 32.2 Å². The average Bonchev–Trinajstić information content (AvgIpc) is 2.07. The zero-order valence-corrected chi connectivity index (χ0v) is 9.45. The number of rotatable bonds is 2. The second-order valence-electron chi connectivity index (χ2n) is 2.29. The molecular formula is C7H5Br2F2NO. The van der Waals surface area contributed by atoms with Crippen LogP contribution < -0.4 is 5.56 Å². The standard InChI is InChI=1S/C7H5Br2F2NO/c8-1-3-5(6(10)11)4(9)2-12-7(3)13/h2,6H,1H2,(H,12,13). The van der Waals surface area contributed by atoms with Crippen LogP contribution in [0.25, 0.3) is 0 Å². The molecule has 6 heteroatoms. The summed E-state index contributed by atoms with van der Waals surface area (Å²) in [5, 5.41) is 0.113. The molecule has 0 amide bonds. The Bertz CT molecular complexity index is 364. The largest absolute Gasteiger partial charge is 0.328 e. The number of aromatic amines is 1. The Balaban J connectivity index is 3.44. The fraction of sp³-hybridized carbons (Fsp3) is 0.286. The number of alkyl halides is 3. The maximum absolute atomic E-state index is 12.5. The molecule has 0 aliphatic rings. The first-order valence-corrected chi connectivity index (χ1v) is 5.23. The van der Waals surface area contributed by atoms with Gasteiger partial charge in [0.1, 0.15) is 0 Å². The van der Waals surface area contributed by atoms with E-state index < -0.39 is 12.0 Å². The van der Waals surface area contributed by atoms with Gasteiger partial charge in [0.25, 0.3) is 12.0 Å². The Morgan fingerprint density at radius 3 is 2.54 bits per heavy atom. The van der Waals surface area contributed by atoms with Gasteiger partial charge in [-0.3, -0.25) is 4.79 Å². The Morgan fingerprint density at radius 2 is 2.15 bits per heavy atom. The van der Waals surface area contributed by atoms with Crippen molar-refractivity contribution in [3.63, 3.8) is 0 Å². The smallest absolute Gasteiger partial charge is 0.265 e. The van der Waals surface area contributed by atoms with Gasteiger partial charge in [-0.15, -0.1) is 0 Å². The first kappa shape index (κ1) is 10.8. The molecule has 1 aromatic rings. The molecule has 0 spiro atoms. The molecule has 0 aliphatic carbocycles. The third-order valence-corrected chi connectivity index (χ3v) is 2.76. The summed E-state index contributed by atoms with van der Waals surface area (Å²) in [6.45, 7) is 0. The molecule has 0 atom stereocenters. The van der Waals surface area contributed by atoms with Gasteiger partial charge in [0.05, 0.1) is 0 Å². The fourth-order valence-corrected chi connectivity index (χ4v) is 2.01. The van der Waals surface area contributed by atoms with Gasteiger partial charge in [-0.25, -0.2) is 8.78 Å². The quantitative estimate of drug-likeness (QED) is 0.836. The van der Waals surface area contributed by atoms with E-state index in [0.29, 0.717) is 0 Å². The highest BCUT2D eigenvalue weighted by Gasteiger charge is 2.18. The molecule has 0 unspecified atom stereocenters. The minimum atomic E-state index is -2.65. The SMILES string of the molecule is O=c1[nH]cc(Br)c(C(F)F)c1CBr. The molecule has 0 saturated heterocycles. The second kappa shape index (κ2) is 4.32. The van der Waals surface area contributed by atoms with Crippen molar-refractivity contribution in [2.75, 3.05) is 0 Å². The number of halogens is 4. The van der Waals surface area contributed by atoms with Gasteiger partial charge in [-0.1, -0.05) is 15.9 Å². The van der Waals surface area contributed by atoms with Crippen molar-refractivity contribution < 1.29 is 8.78 Å². The van der Waals surface area contributed by atoms with Gasteiger partial charge in [0.15, 0.2) is 0 Å². The van der Waals surface area contributed by atoms with E-state index in [0.717, 1.165) is 0 Å². The number of nitrogens with one attached hydrogen (secondary N) is 1. The van der Waals surface area contributed by atoms with Gasteiger partial charge in [0, 0.05) is 27.1 Å². The van der Waals surface area contributed by atoms with E-state index in [1.54, 1.807) is 0 Å². The van der Waals surface area contributed by atoms with Crippen molar-refractivity contribution in [2.24, 2.45) is 0 Å². The summed E-state index contributed by atoms with van der Waals surface area (Å²) in [5.74, 6) is 0. The lowest BCUT2D eigenvalue weighted by Gasteiger charge is -2.06. The molecule has 2 nitrogen and oxygen atoms in total. The average molecular weight is 317 g/mol. The van der Waals surface area contributed by atoms with Gasteiger partial charge < -0.3 is 4.98 Å². The summed E-state index contributed by atoms with van der Waals surface area (Å²) in [4.78, 5) is 13.4. The van der Waals surface area contributed by atoms with Crippen molar-refractivity contribution in [1.82, 2.24) is 4.98 Å². The van der Waals surface area contributed by atoms with E-state index in [2.05, 4.69) is 36.8 Å². The van der Waals surface area contributed by atoms with Crippen LogP contribution >= 0.6 is 31.9 Å². The minimum absolute atomic E-state index is 0.0596. The summed E-state index contributed by atoms with van der Waals surface area (Å²) in [5.41, 5.74) is -0.680. The summed E-state index contributed by atoms with van der Waals surface area (Å²) in [6.07, 6.45) is -1.43. The molecule has 1 N–H and O–H groups in total. The van der Waals surface area contributed by atoms with Crippen LogP contribution in [0.2, 0.25) is 0 Å². The number of aromatic nitrogens is 1. The van der Waals surface area contributed by atoms with Crippen LogP contribution in [0.5, 0.6) is 0 Å². The summed E-state index contributed by atoms with van der Waals surface area (Å²) >= 11 is 5.94. The summed E-state index contributed by atoms with van der Waals surface area (Å²) in [7, 11) is 0. The van der Waals surface area contributed by atoms with E-state index in [9.17, 15) is 13.6 Å². The van der Waals surface area contributed by atoms with Crippen molar-refractivity contribution in [1.29, 1.82) is 0 Å². The highest BCUT2D eigenvalue weighted by atomic mass is 79.9. The van der Waals surface area contributed by atoms with Crippen LogP contribution in [0.1, 0.15) is 17.6 Å². The van der Waals surface area contributed by atoms with Crippen LogP contribution in [0.15, 0.2) is 15.5 Å². The molecule has 0 fully saturated rings. The van der Waals surface area contributed by atoms with Crippen LogP contribution in [0.4, 0.5) is 8.78 Å². The molecule has 0 aromatic carbocycles. The zero-order chi connectivity index (χ0) is 10.0.